The quantitative estimate of drug-likeness (QED) is 0.324. The molecular weight excluding hydrogens is 446 g/mol. The molecule has 0 atom stereocenters. The molecule has 174 valence electrons. The SMILES string of the molecule is Cn1nc(-c2ccc(C(C)(C)C#N)cc2)c2c3cc(-c4ccc(-n5cccn5)nc4)ccc3ncc21. The second-order valence-electron chi connectivity index (χ2n) is 9.39. The van der Waals surface area contributed by atoms with Crippen molar-refractivity contribution in [1.82, 2.24) is 29.5 Å². The molecule has 0 aliphatic carbocycles. The van der Waals surface area contributed by atoms with Crippen LogP contribution in [0.3, 0.4) is 0 Å². The van der Waals surface area contributed by atoms with E-state index in [-0.39, 0.29) is 0 Å². The number of aromatic nitrogens is 6. The van der Waals surface area contributed by atoms with Gasteiger partial charge in [0, 0.05) is 47.5 Å². The van der Waals surface area contributed by atoms with Crippen molar-refractivity contribution in [3.05, 3.63) is 91.0 Å². The fraction of sp³-hybridized carbons (Fsp3) is 0.138. The van der Waals surface area contributed by atoms with Gasteiger partial charge in [0.1, 0.15) is 5.69 Å². The van der Waals surface area contributed by atoms with E-state index in [4.69, 9.17) is 10.1 Å². The van der Waals surface area contributed by atoms with Crippen molar-refractivity contribution in [2.75, 3.05) is 0 Å². The normalized spacial score (nSPS) is 11.7. The second kappa shape index (κ2) is 8.14. The predicted molar refractivity (Wildman–Crippen MR) is 140 cm³/mol. The average Bonchev–Trinajstić information content (AvgIpc) is 3.57. The van der Waals surface area contributed by atoms with Crippen molar-refractivity contribution in [3.8, 4) is 34.3 Å². The number of nitriles is 1. The number of hydrogen-bond acceptors (Lipinski definition) is 5. The van der Waals surface area contributed by atoms with Crippen LogP contribution in [-0.4, -0.2) is 29.5 Å². The Balaban J connectivity index is 1.48. The van der Waals surface area contributed by atoms with Crippen LogP contribution in [0.15, 0.2) is 85.5 Å². The lowest BCUT2D eigenvalue weighted by Crippen LogP contribution is -2.13. The van der Waals surface area contributed by atoms with Crippen LogP contribution in [-0.2, 0) is 12.5 Å². The maximum atomic E-state index is 9.50. The largest absolute Gasteiger partial charge is 0.266 e. The van der Waals surface area contributed by atoms with Crippen LogP contribution in [0.25, 0.3) is 50.0 Å². The highest BCUT2D eigenvalue weighted by Gasteiger charge is 2.21. The van der Waals surface area contributed by atoms with Gasteiger partial charge in [-0.2, -0.15) is 15.5 Å². The molecule has 0 unspecified atom stereocenters. The molecule has 6 aromatic rings. The van der Waals surface area contributed by atoms with Gasteiger partial charge in [-0.3, -0.25) is 9.67 Å². The fourth-order valence-corrected chi connectivity index (χ4v) is 4.52. The third-order valence-electron chi connectivity index (χ3n) is 6.66. The lowest BCUT2D eigenvalue weighted by atomic mass is 9.86. The number of aryl methyl sites for hydroxylation is 1. The van der Waals surface area contributed by atoms with Crippen molar-refractivity contribution >= 4 is 21.8 Å². The number of pyridine rings is 2. The maximum Gasteiger partial charge on any atom is 0.153 e. The van der Waals surface area contributed by atoms with E-state index in [1.165, 1.54) is 0 Å². The Hall–Kier alpha value is -4.83. The first-order valence-electron chi connectivity index (χ1n) is 11.7. The molecule has 0 radical (unpaired) electrons. The number of benzene rings is 2. The van der Waals surface area contributed by atoms with Gasteiger partial charge in [0.15, 0.2) is 5.82 Å². The van der Waals surface area contributed by atoms with E-state index >= 15 is 0 Å². The van der Waals surface area contributed by atoms with Crippen molar-refractivity contribution in [1.29, 1.82) is 5.26 Å². The molecular formula is C29H23N7. The van der Waals surface area contributed by atoms with E-state index in [0.29, 0.717) is 0 Å². The summed E-state index contributed by atoms with van der Waals surface area (Å²) in [7, 11) is 1.94. The third-order valence-corrected chi connectivity index (χ3v) is 6.66. The molecule has 0 aliphatic rings. The van der Waals surface area contributed by atoms with E-state index in [1.54, 1.807) is 10.9 Å². The zero-order valence-corrected chi connectivity index (χ0v) is 20.2. The molecule has 36 heavy (non-hydrogen) atoms. The molecule has 0 bridgehead atoms. The lowest BCUT2D eigenvalue weighted by Gasteiger charge is -2.15. The molecule has 0 saturated carbocycles. The zero-order valence-electron chi connectivity index (χ0n) is 20.2. The summed E-state index contributed by atoms with van der Waals surface area (Å²) >= 11 is 0. The number of fused-ring (bicyclic) bond motifs is 3. The first-order valence-corrected chi connectivity index (χ1v) is 11.7. The number of rotatable bonds is 4. The summed E-state index contributed by atoms with van der Waals surface area (Å²) in [6.45, 7) is 3.85. The van der Waals surface area contributed by atoms with Gasteiger partial charge in [0.05, 0.1) is 28.7 Å². The molecule has 7 nitrogen and oxygen atoms in total. The summed E-state index contributed by atoms with van der Waals surface area (Å²) in [5.41, 5.74) is 6.26. The Bertz CT molecular complexity index is 1750. The summed E-state index contributed by atoms with van der Waals surface area (Å²) in [5.74, 6) is 0.770. The molecule has 0 saturated heterocycles. The minimum Gasteiger partial charge on any atom is -0.266 e. The monoisotopic (exact) mass is 469 g/mol. The second-order valence-corrected chi connectivity index (χ2v) is 9.39. The van der Waals surface area contributed by atoms with Crippen LogP contribution in [0.4, 0.5) is 0 Å². The Labute approximate surface area is 208 Å². The van der Waals surface area contributed by atoms with Gasteiger partial charge in [0.2, 0.25) is 0 Å². The van der Waals surface area contributed by atoms with E-state index in [1.807, 2.05) is 86.6 Å². The minimum atomic E-state index is -0.544. The van der Waals surface area contributed by atoms with E-state index in [9.17, 15) is 5.26 Å². The van der Waals surface area contributed by atoms with Crippen LogP contribution in [0, 0.1) is 11.3 Å². The van der Waals surface area contributed by atoms with Crippen LogP contribution >= 0.6 is 0 Å². The van der Waals surface area contributed by atoms with Crippen LogP contribution in [0.2, 0.25) is 0 Å². The molecule has 0 fully saturated rings. The van der Waals surface area contributed by atoms with Gasteiger partial charge >= 0.3 is 0 Å². The molecule has 4 aromatic heterocycles. The van der Waals surface area contributed by atoms with Crippen molar-refractivity contribution in [3.63, 3.8) is 0 Å². The highest BCUT2D eigenvalue weighted by atomic mass is 15.3. The van der Waals surface area contributed by atoms with Gasteiger partial charge in [-0.05, 0) is 55.3 Å². The molecule has 0 amide bonds. The van der Waals surface area contributed by atoms with E-state index in [2.05, 4.69) is 34.4 Å². The molecule has 6 rings (SSSR count). The van der Waals surface area contributed by atoms with Crippen LogP contribution < -0.4 is 0 Å². The highest BCUT2D eigenvalue weighted by molar-refractivity contribution is 6.12. The summed E-state index contributed by atoms with van der Waals surface area (Å²) in [5, 5.41) is 20.7. The Morgan fingerprint density at radius 1 is 0.889 bits per heavy atom. The van der Waals surface area contributed by atoms with E-state index in [0.717, 1.165) is 55.6 Å². The van der Waals surface area contributed by atoms with Gasteiger partial charge in [-0.25, -0.2) is 9.67 Å². The third kappa shape index (κ3) is 3.51. The Morgan fingerprint density at radius 3 is 2.36 bits per heavy atom. The number of hydrogen-bond donors (Lipinski definition) is 0. The average molecular weight is 470 g/mol. The van der Waals surface area contributed by atoms with Gasteiger partial charge in [-0.1, -0.05) is 30.3 Å². The highest BCUT2D eigenvalue weighted by Crippen LogP contribution is 2.35. The van der Waals surface area contributed by atoms with Gasteiger partial charge in [0.25, 0.3) is 0 Å². The van der Waals surface area contributed by atoms with Gasteiger partial charge in [-0.15, -0.1) is 0 Å². The molecule has 7 heteroatoms. The zero-order chi connectivity index (χ0) is 24.9. The van der Waals surface area contributed by atoms with Crippen molar-refractivity contribution < 1.29 is 0 Å². The number of nitrogens with zero attached hydrogens (tertiary/aromatic N) is 7. The molecule has 2 aromatic carbocycles. The van der Waals surface area contributed by atoms with E-state index < -0.39 is 5.41 Å². The lowest BCUT2D eigenvalue weighted by molar-refractivity contribution is 0.687. The predicted octanol–water partition coefficient (Wildman–Crippen LogP) is 5.84. The minimum absolute atomic E-state index is 0.544. The molecule has 0 N–H and O–H groups in total. The summed E-state index contributed by atoms with van der Waals surface area (Å²) in [6.07, 6.45) is 7.35. The summed E-state index contributed by atoms with van der Waals surface area (Å²) < 4.78 is 3.61. The standard InChI is InChI=1S/C29H23N7/c1-29(2,18-30)22-9-5-19(6-10-22)28-27-23-15-20(7-11-24(23)31-17-25(27)35(3)34-28)21-8-12-26(32-16-21)36-14-4-13-33-36/h4-17H,1-3H3. The first kappa shape index (κ1) is 21.7. The Morgan fingerprint density at radius 2 is 1.67 bits per heavy atom. The fourth-order valence-electron chi connectivity index (χ4n) is 4.52. The van der Waals surface area contributed by atoms with Crippen LogP contribution in [0.5, 0.6) is 0 Å². The van der Waals surface area contributed by atoms with Gasteiger partial charge < -0.3 is 0 Å². The van der Waals surface area contributed by atoms with Crippen molar-refractivity contribution in [2.45, 2.75) is 19.3 Å². The topological polar surface area (TPSA) is 85.2 Å². The molecule has 0 spiro atoms. The molecule has 0 aliphatic heterocycles. The van der Waals surface area contributed by atoms with Crippen molar-refractivity contribution in [2.24, 2.45) is 7.05 Å². The maximum absolute atomic E-state index is 9.50. The molecule has 4 heterocycles. The first-order chi connectivity index (χ1) is 17.4. The summed E-state index contributed by atoms with van der Waals surface area (Å²) in [6, 6.07) is 22.7. The van der Waals surface area contributed by atoms with Crippen LogP contribution in [0.1, 0.15) is 19.4 Å². The smallest absolute Gasteiger partial charge is 0.153 e. The summed E-state index contributed by atoms with van der Waals surface area (Å²) in [4.78, 5) is 9.28. The Kier molecular flexibility index (Phi) is 4.90.